The van der Waals surface area contributed by atoms with Crippen molar-refractivity contribution in [2.75, 3.05) is 18.6 Å². The maximum atomic E-state index is 13.4. The van der Waals surface area contributed by atoms with Crippen molar-refractivity contribution in [1.29, 1.82) is 0 Å². The van der Waals surface area contributed by atoms with Gasteiger partial charge in [-0.25, -0.2) is 0 Å². The van der Waals surface area contributed by atoms with Gasteiger partial charge in [-0.3, -0.25) is 47.9 Å². The second-order valence-electron chi connectivity index (χ2n) is 13.3. The van der Waals surface area contributed by atoms with Crippen LogP contribution in [-0.4, -0.2) is 147 Å². The average Bonchev–Trinajstić information content (AvgIpc) is 3.10. The van der Waals surface area contributed by atoms with Crippen molar-refractivity contribution in [2.24, 2.45) is 11.7 Å². The SMILES string of the molecule is CSCC[C@H](NC(=O)[C@H](CCC(=O)O)NC(=O)[C@H](CO)NC(=O)[C@@H](N)CC(C)C)C(=O)N[C@@H](C)C(=O)N[C@@H](C)C(=O)N[C@@H](CCC(=O)O)C(=O)N[C@@H](C)C(=O)O. The van der Waals surface area contributed by atoms with Gasteiger partial charge in [0.15, 0.2) is 0 Å². The fourth-order valence-corrected chi connectivity index (χ4v) is 5.14. The Morgan fingerprint density at radius 1 is 0.518 bits per heavy atom. The lowest BCUT2D eigenvalue weighted by Crippen LogP contribution is -2.60. The van der Waals surface area contributed by atoms with Gasteiger partial charge in [0.25, 0.3) is 0 Å². The highest BCUT2D eigenvalue weighted by Crippen LogP contribution is 2.07. The van der Waals surface area contributed by atoms with E-state index in [4.69, 9.17) is 15.9 Å². The molecule has 0 unspecified atom stereocenters. The number of thioether (sulfide) groups is 1. The number of carboxylic acids is 3. The largest absolute Gasteiger partial charge is 0.481 e. The first kappa shape index (κ1) is 51.0. The maximum absolute atomic E-state index is 13.4. The summed E-state index contributed by atoms with van der Waals surface area (Å²) in [6, 6.07) is -10.9. The molecule has 22 nitrogen and oxygen atoms in total. The summed E-state index contributed by atoms with van der Waals surface area (Å²) in [4.78, 5) is 124. The number of carboxylic acid groups (broad SMARTS) is 3. The Hall–Kier alpha value is -5.03. The van der Waals surface area contributed by atoms with Gasteiger partial charge in [0.2, 0.25) is 41.4 Å². The maximum Gasteiger partial charge on any atom is 0.325 e. The highest BCUT2D eigenvalue weighted by molar-refractivity contribution is 7.98. The topological polar surface area (TPSA) is 362 Å². The third-order valence-electron chi connectivity index (χ3n) is 7.91. The Balaban J connectivity index is 5.79. The number of amides is 7. The van der Waals surface area contributed by atoms with Crippen molar-refractivity contribution in [3.8, 4) is 0 Å². The number of nitrogens with two attached hydrogens (primary N) is 1. The minimum atomic E-state index is -1.55. The predicted molar refractivity (Wildman–Crippen MR) is 199 cm³/mol. The number of aliphatic hydroxyl groups excluding tert-OH is 1. The number of carbonyl (C=O) groups is 10. The molecule has 13 N–H and O–H groups in total. The first-order valence-corrected chi connectivity index (χ1v) is 19.1. The number of rotatable bonds is 27. The number of aliphatic hydroxyl groups is 1. The van der Waals surface area contributed by atoms with E-state index >= 15 is 0 Å². The smallest absolute Gasteiger partial charge is 0.325 e. The molecule has 7 amide bonds. The van der Waals surface area contributed by atoms with E-state index < -0.39 is 140 Å². The summed E-state index contributed by atoms with van der Waals surface area (Å²) in [6.45, 7) is 6.41. The van der Waals surface area contributed by atoms with Gasteiger partial charge in [-0.1, -0.05) is 13.8 Å². The molecule has 0 aromatic rings. The average molecular weight is 821 g/mol. The second-order valence-corrected chi connectivity index (χ2v) is 14.3. The first-order chi connectivity index (χ1) is 26.0. The molecular formula is C33H56N8O14S. The van der Waals surface area contributed by atoms with Gasteiger partial charge in [-0.05, 0) is 64.4 Å². The van der Waals surface area contributed by atoms with E-state index in [1.54, 1.807) is 6.26 Å². The Labute approximate surface area is 328 Å². The molecule has 8 atom stereocenters. The van der Waals surface area contributed by atoms with Crippen LogP contribution >= 0.6 is 11.8 Å². The molecule has 0 aliphatic rings. The lowest BCUT2D eigenvalue weighted by atomic mass is 10.0. The highest BCUT2D eigenvalue weighted by atomic mass is 32.2. The number of aliphatic carboxylic acids is 3. The van der Waals surface area contributed by atoms with Crippen LogP contribution in [0.5, 0.6) is 0 Å². The molecule has 56 heavy (non-hydrogen) atoms. The highest BCUT2D eigenvalue weighted by Gasteiger charge is 2.32. The summed E-state index contributed by atoms with van der Waals surface area (Å²) in [6.07, 6.45) is 0.00558. The summed E-state index contributed by atoms with van der Waals surface area (Å²) in [5.74, 6) is -10.0. The normalized spacial score (nSPS) is 15.2. The first-order valence-electron chi connectivity index (χ1n) is 17.7. The Bertz CT molecular complexity index is 1420. The lowest BCUT2D eigenvalue weighted by Gasteiger charge is -2.26. The lowest BCUT2D eigenvalue weighted by molar-refractivity contribution is -0.142. The molecule has 0 bridgehead atoms. The molecule has 0 aromatic heterocycles. The van der Waals surface area contributed by atoms with Crippen molar-refractivity contribution in [1.82, 2.24) is 37.2 Å². The number of hydrogen-bond donors (Lipinski definition) is 12. The van der Waals surface area contributed by atoms with Crippen molar-refractivity contribution < 1.29 is 68.4 Å². The summed E-state index contributed by atoms with van der Waals surface area (Å²) in [7, 11) is 0. The van der Waals surface area contributed by atoms with Crippen LogP contribution in [0.1, 0.15) is 73.1 Å². The van der Waals surface area contributed by atoms with Gasteiger partial charge in [0, 0.05) is 12.8 Å². The summed E-state index contributed by atoms with van der Waals surface area (Å²) in [5.41, 5.74) is 5.85. The summed E-state index contributed by atoms with van der Waals surface area (Å²) >= 11 is 1.31. The molecule has 0 saturated heterocycles. The quantitative estimate of drug-likeness (QED) is 0.0380. The summed E-state index contributed by atoms with van der Waals surface area (Å²) in [5, 5.41) is 53.3. The second kappa shape index (κ2) is 25.9. The molecule has 0 aliphatic heterocycles. The van der Waals surface area contributed by atoms with Crippen LogP contribution in [0, 0.1) is 5.92 Å². The van der Waals surface area contributed by atoms with Crippen molar-refractivity contribution in [3.05, 3.63) is 0 Å². The molecule has 0 fully saturated rings. The van der Waals surface area contributed by atoms with E-state index in [1.807, 2.05) is 13.8 Å². The van der Waals surface area contributed by atoms with Crippen LogP contribution in [-0.2, 0) is 47.9 Å². The molecule has 0 radical (unpaired) electrons. The van der Waals surface area contributed by atoms with Gasteiger partial charge >= 0.3 is 17.9 Å². The molecule has 0 saturated carbocycles. The molecule has 0 spiro atoms. The van der Waals surface area contributed by atoms with Gasteiger partial charge in [0.05, 0.1) is 12.6 Å². The fourth-order valence-electron chi connectivity index (χ4n) is 4.67. The fraction of sp³-hybridized carbons (Fsp3) is 0.697. The van der Waals surface area contributed by atoms with E-state index in [2.05, 4.69) is 37.2 Å². The zero-order chi connectivity index (χ0) is 43.3. The molecule has 0 aliphatic carbocycles. The van der Waals surface area contributed by atoms with E-state index in [0.717, 1.165) is 6.92 Å². The van der Waals surface area contributed by atoms with Crippen LogP contribution in [0.15, 0.2) is 0 Å². The van der Waals surface area contributed by atoms with Crippen LogP contribution in [0.25, 0.3) is 0 Å². The third kappa shape index (κ3) is 20.0. The van der Waals surface area contributed by atoms with Crippen LogP contribution in [0.2, 0.25) is 0 Å². The predicted octanol–water partition coefficient (Wildman–Crippen LogP) is -3.63. The van der Waals surface area contributed by atoms with E-state index in [0.29, 0.717) is 5.75 Å². The zero-order valence-corrected chi connectivity index (χ0v) is 33.0. The Kier molecular flexibility index (Phi) is 23.6. The number of nitrogens with one attached hydrogen (secondary N) is 7. The van der Waals surface area contributed by atoms with Crippen LogP contribution in [0.4, 0.5) is 0 Å². The van der Waals surface area contributed by atoms with Gasteiger partial charge in [0.1, 0.15) is 42.3 Å². The minimum absolute atomic E-state index is 0.00877. The van der Waals surface area contributed by atoms with Crippen molar-refractivity contribution in [3.63, 3.8) is 0 Å². The number of carbonyl (C=O) groups excluding carboxylic acids is 7. The minimum Gasteiger partial charge on any atom is -0.481 e. The molecular weight excluding hydrogens is 764 g/mol. The molecule has 0 rings (SSSR count). The van der Waals surface area contributed by atoms with Crippen LogP contribution in [0.3, 0.4) is 0 Å². The van der Waals surface area contributed by atoms with Gasteiger partial charge in [-0.15, -0.1) is 0 Å². The van der Waals surface area contributed by atoms with Gasteiger partial charge < -0.3 is 63.4 Å². The van der Waals surface area contributed by atoms with Crippen LogP contribution < -0.4 is 43.0 Å². The molecule has 0 aromatic carbocycles. The standard InChI is InChI=1S/C33H56N8O14S/c1-15(2)13-19(34)28(49)41-23(14-42)32(53)39-21(8-10-25(45)46)31(52)40-22(11-12-56-6)30(51)36-16(3)26(47)35-17(4)27(48)38-20(7-9-24(43)44)29(50)37-18(5)33(54)55/h15-23,42H,7-14,34H2,1-6H3,(H,35,47)(H,36,51)(H,37,50)(H,38,48)(H,39,53)(H,40,52)(H,41,49)(H,43,44)(H,45,46)(H,54,55)/t16-,17-,18-,19-,20-,21-,22-,23-/m0/s1. The van der Waals surface area contributed by atoms with Crippen molar-refractivity contribution in [2.45, 2.75) is 121 Å². The van der Waals surface area contributed by atoms with E-state index in [1.165, 1.54) is 25.6 Å². The van der Waals surface area contributed by atoms with Crippen molar-refractivity contribution >= 4 is 71.0 Å². The third-order valence-corrected chi connectivity index (χ3v) is 8.56. The Morgan fingerprint density at radius 2 is 0.875 bits per heavy atom. The van der Waals surface area contributed by atoms with E-state index in [-0.39, 0.29) is 18.8 Å². The molecule has 0 heterocycles. The molecule has 318 valence electrons. The molecule has 23 heteroatoms. The van der Waals surface area contributed by atoms with Gasteiger partial charge in [-0.2, -0.15) is 11.8 Å². The number of hydrogen-bond acceptors (Lipinski definition) is 13. The summed E-state index contributed by atoms with van der Waals surface area (Å²) < 4.78 is 0. The monoisotopic (exact) mass is 820 g/mol. The Morgan fingerprint density at radius 3 is 1.29 bits per heavy atom. The van der Waals surface area contributed by atoms with E-state index in [9.17, 15) is 58.2 Å². The zero-order valence-electron chi connectivity index (χ0n) is 32.2.